The molecule has 1 unspecified atom stereocenters. The summed E-state index contributed by atoms with van der Waals surface area (Å²) >= 11 is 5.09. The highest BCUT2D eigenvalue weighted by atomic mass is 79.9. The highest BCUT2D eigenvalue weighted by Crippen LogP contribution is 2.35. The molecule has 106 valence electrons. The quantitative estimate of drug-likeness (QED) is 0.771. The van der Waals surface area contributed by atoms with E-state index in [4.69, 9.17) is 0 Å². The monoisotopic (exact) mass is 353 g/mol. The van der Waals surface area contributed by atoms with E-state index in [1.165, 1.54) is 11.6 Å². The van der Waals surface area contributed by atoms with Gasteiger partial charge in [0.25, 0.3) is 0 Å². The van der Waals surface area contributed by atoms with E-state index in [9.17, 15) is 4.39 Å². The van der Waals surface area contributed by atoms with Crippen molar-refractivity contribution in [2.75, 3.05) is 6.54 Å². The highest BCUT2D eigenvalue weighted by Gasteiger charge is 2.11. The second-order valence-electron chi connectivity index (χ2n) is 4.52. The molecule has 0 aliphatic carbocycles. The average Bonchev–Trinajstić information content (AvgIpc) is 2.39. The van der Waals surface area contributed by atoms with Gasteiger partial charge in [-0.2, -0.15) is 0 Å². The van der Waals surface area contributed by atoms with Gasteiger partial charge < -0.3 is 5.32 Å². The Hall–Kier alpha value is -0.840. The van der Waals surface area contributed by atoms with Gasteiger partial charge in [0.1, 0.15) is 5.82 Å². The highest BCUT2D eigenvalue weighted by molar-refractivity contribution is 9.10. The topological polar surface area (TPSA) is 12.0 Å². The van der Waals surface area contributed by atoms with E-state index in [1.54, 1.807) is 23.9 Å². The van der Waals surface area contributed by atoms with Gasteiger partial charge in [0.15, 0.2) is 0 Å². The first-order valence-electron chi connectivity index (χ1n) is 6.56. The van der Waals surface area contributed by atoms with Crippen LogP contribution in [0, 0.1) is 5.82 Å². The maximum absolute atomic E-state index is 13.3. The van der Waals surface area contributed by atoms with Gasteiger partial charge in [-0.15, -0.1) is 0 Å². The molecule has 0 spiro atoms. The lowest BCUT2D eigenvalue weighted by Crippen LogP contribution is -2.18. The lowest BCUT2D eigenvalue weighted by atomic mass is 10.1. The summed E-state index contributed by atoms with van der Waals surface area (Å²) in [5.74, 6) is -0.203. The van der Waals surface area contributed by atoms with Crippen molar-refractivity contribution in [3.63, 3.8) is 0 Å². The van der Waals surface area contributed by atoms with E-state index in [1.807, 2.05) is 12.1 Å². The standard InChI is InChI=1S/C16H17BrFNS/c1-3-19-11(2)15-8-7-12(17)9-16(15)20-14-6-4-5-13(18)10-14/h4-11,19H,3H2,1-2H3. The fraction of sp³-hybridized carbons (Fsp3) is 0.250. The molecule has 1 atom stereocenters. The second kappa shape index (κ2) is 7.25. The molecule has 0 saturated heterocycles. The van der Waals surface area contributed by atoms with Crippen LogP contribution in [0.5, 0.6) is 0 Å². The van der Waals surface area contributed by atoms with Crippen LogP contribution in [0.1, 0.15) is 25.5 Å². The molecule has 0 aliphatic rings. The molecule has 1 nitrogen and oxygen atoms in total. The summed E-state index contributed by atoms with van der Waals surface area (Å²) in [5, 5.41) is 3.42. The van der Waals surface area contributed by atoms with Crippen LogP contribution in [0.25, 0.3) is 0 Å². The average molecular weight is 354 g/mol. The van der Waals surface area contributed by atoms with Gasteiger partial charge in [-0.1, -0.05) is 46.7 Å². The molecule has 0 bridgehead atoms. The van der Waals surface area contributed by atoms with Crippen molar-refractivity contribution in [1.82, 2.24) is 5.32 Å². The molecule has 0 saturated carbocycles. The molecule has 4 heteroatoms. The second-order valence-corrected chi connectivity index (χ2v) is 6.55. The Morgan fingerprint density at radius 3 is 2.75 bits per heavy atom. The van der Waals surface area contributed by atoms with E-state index in [0.717, 1.165) is 20.8 Å². The molecular formula is C16H17BrFNS. The minimum absolute atomic E-state index is 0.203. The minimum atomic E-state index is -0.203. The third kappa shape index (κ3) is 4.08. The van der Waals surface area contributed by atoms with Crippen molar-refractivity contribution in [2.24, 2.45) is 0 Å². The smallest absolute Gasteiger partial charge is 0.124 e. The molecule has 0 fully saturated rings. The Morgan fingerprint density at radius 2 is 2.05 bits per heavy atom. The van der Waals surface area contributed by atoms with Gasteiger partial charge in [-0.3, -0.25) is 0 Å². The normalized spacial score (nSPS) is 12.4. The van der Waals surface area contributed by atoms with Gasteiger partial charge in [0, 0.05) is 20.3 Å². The van der Waals surface area contributed by atoms with Crippen LogP contribution in [0.2, 0.25) is 0 Å². The van der Waals surface area contributed by atoms with Crippen LogP contribution in [-0.2, 0) is 0 Å². The van der Waals surface area contributed by atoms with Gasteiger partial charge in [0.05, 0.1) is 0 Å². The van der Waals surface area contributed by atoms with Crippen molar-refractivity contribution in [1.29, 1.82) is 0 Å². The number of hydrogen-bond acceptors (Lipinski definition) is 2. The van der Waals surface area contributed by atoms with Gasteiger partial charge in [-0.25, -0.2) is 4.39 Å². The van der Waals surface area contributed by atoms with Gasteiger partial charge in [-0.05, 0) is 49.4 Å². The lowest BCUT2D eigenvalue weighted by Gasteiger charge is -2.17. The molecule has 1 N–H and O–H groups in total. The van der Waals surface area contributed by atoms with Crippen LogP contribution >= 0.6 is 27.7 Å². The first-order chi connectivity index (χ1) is 9.60. The maximum Gasteiger partial charge on any atom is 0.124 e. The molecule has 0 amide bonds. The zero-order chi connectivity index (χ0) is 14.5. The number of rotatable bonds is 5. The van der Waals surface area contributed by atoms with Crippen molar-refractivity contribution < 1.29 is 4.39 Å². The van der Waals surface area contributed by atoms with Crippen molar-refractivity contribution in [2.45, 2.75) is 29.7 Å². The molecule has 0 aromatic heterocycles. The molecular weight excluding hydrogens is 337 g/mol. The van der Waals surface area contributed by atoms with Crippen LogP contribution in [0.15, 0.2) is 56.7 Å². The van der Waals surface area contributed by atoms with E-state index >= 15 is 0 Å². The molecule has 2 rings (SSSR count). The zero-order valence-corrected chi connectivity index (χ0v) is 13.9. The fourth-order valence-corrected chi connectivity index (χ4v) is 3.66. The van der Waals surface area contributed by atoms with Crippen LogP contribution in [0.4, 0.5) is 4.39 Å². The summed E-state index contributed by atoms with van der Waals surface area (Å²) in [6.07, 6.45) is 0. The Balaban J connectivity index is 2.32. The number of nitrogens with one attached hydrogen (secondary N) is 1. The SMILES string of the molecule is CCNC(C)c1ccc(Br)cc1Sc1cccc(F)c1. The Labute approximate surface area is 132 Å². The maximum atomic E-state index is 13.3. The van der Waals surface area contributed by atoms with Crippen molar-refractivity contribution in [3.05, 3.63) is 58.3 Å². The third-order valence-corrected chi connectivity index (χ3v) is 4.53. The lowest BCUT2D eigenvalue weighted by molar-refractivity contribution is 0.589. The Morgan fingerprint density at radius 1 is 1.25 bits per heavy atom. The largest absolute Gasteiger partial charge is 0.310 e. The number of benzene rings is 2. The first kappa shape index (κ1) is 15.5. The summed E-state index contributed by atoms with van der Waals surface area (Å²) in [6.45, 7) is 5.15. The van der Waals surface area contributed by atoms with Gasteiger partial charge >= 0.3 is 0 Å². The minimum Gasteiger partial charge on any atom is -0.310 e. The molecule has 0 heterocycles. The summed E-state index contributed by atoms with van der Waals surface area (Å²) in [6, 6.07) is 13.2. The number of hydrogen-bond donors (Lipinski definition) is 1. The van der Waals surface area contributed by atoms with E-state index < -0.39 is 0 Å². The first-order valence-corrected chi connectivity index (χ1v) is 8.17. The van der Waals surface area contributed by atoms with Crippen LogP contribution in [-0.4, -0.2) is 6.54 Å². The predicted molar refractivity (Wildman–Crippen MR) is 86.8 cm³/mol. The van der Waals surface area contributed by atoms with Crippen LogP contribution in [0.3, 0.4) is 0 Å². The Bertz CT molecular complexity index is 588. The summed E-state index contributed by atoms with van der Waals surface area (Å²) < 4.78 is 14.3. The summed E-state index contributed by atoms with van der Waals surface area (Å²) in [4.78, 5) is 2.05. The summed E-state index contributed by atoms with van der Waals surface area (Å²) in [5.41, 5.74) is 1.23. The Kier molecular flexibility index (Phi) is 5.64. The molecule has 0 radical (unpaired) electrons. The molecule has 20 heavy (non-hydrogen) atoms. The third-order valence-electron chi connectivity index (χ3n) is 2.98. The molecule has 0 aliphatic heterocycles. The fourth-order valence-electron chi connectivity index (χ4n) is 2.03. The zero-order valence-electron chi connectivity index (χ0n) is 11.5. The van der Waals surface area contributed by atoms with E-state index in [0.29, 0.717) is 0 Å². The van der Waals surface area contributed by atoms with E-state index in [-0.39, 0.29) is 11.9 Å². The number of halogens is 2. The van der Waals surface area contributed by atoms with E-state index in [2.05, 4.69) is 47.2 Å². The molecule has 2 aromatic carbocycles. The van der Waals surface area contributed by atoms with Crippen molar-refractivity contribution >= 4 is 27.7 Å². The molecule has 2 aromatic rings. The predicted octanol–water partition coefficient (Wildman–Crippen LogP) is 5.41. The summed E-state index contributed by atoms with van der Waals surface area (Å²) in [7, 11) is 0. The van der Waals surface area contributed by atoms with Crippen LogP contribution < -0.4 is 5.32 Å². The van der Waals surface area contributed by atoms with Crippen molar-refractivity contribution in [3.8, 4) is 0 Å². The van der Waals surface area contributed by atoms with Gasteiger partial charge in [0.2, 0.25) is 0 Å².